The minimum Gasteiger partial charge on any atom is -0.478 e. The van der Waals surface area contributed by atoms with Gasteiger partial charge in [-0.3, -0.25) is 0 Å². The molecule has 6 rings (SSSR count). The molecule has 6 aromatic rings. The third-order valence-corrected chi connectivity index (χ3v) is 6.40. The fourth-order valence-corrected chi connectivity index (χ4v) is 4.51. The second-order valence-electron chi connectivity index (χ2n) is 8.88. The first kappa shape index (κ1) is 23.3. The van der Waals surface area contributed by atoms with Gasteiger partial charge in [-0.2, -0.15) is 0 Å². The number of hydrogen-bond acceptors (Lipinski definition) is 4. The summed E-state index contributed by atoms with van der Waals surface area (Å²) in [7, 11) is 0. The van der Waals surface area contributed by atoms with Crippen LogP contribution in [-0.4, -0.2) is 16.1 Å². The summed E-state index contributed by atoms with van der Waals surface area (Å²) in [6, 6.07) is 40.4. The molecule has 1 atom stereocenters. The topological polar surface area (TPSA) is 72.6 Å². The maximum atomic E-state index is 11.9. The van der Waals surface area contributed by atoms with Gasteiger partial charge in [0, 0.05) is 11.1 Å². The van der Waals surface area contributed by atoms with Crippen molar-refractivity contribution in [2.24, 2.45) is 0 Å². The minimum absolute atomic E-state index is 0.467. The second-order valence-corrected chi connectivity index (χ2v) is 8.88. The smallest absolute Gasteiger partial charge is 0.349 e. The molecule has 5 heteroatoms. The summed E-state index contributed by atoms with van der Waals surface area (Å²) in [4.78, 5) is 16.6. The lowest BCUT2D eigenvalue weighted by atomic mass is 9.95. The zero-order chi connectivity index (χ0) is 25.9. The van der Waals surface area contributed by atoms with Crippen LogP contribution in [0.25, 0.3) is 44.8 Å². The molecule has 1 N–H and O–H groups in total. The van der Waals surface area contributed by atoms with Crippen molar-refractivity contribution in [3.05, 3.63) is 133 Å². The summed E-state index contributed by atoms with van der Waals surface area (Å²) in [6.45, 7) is 0. The first-order valence-corrected chi connectivity index (χ1v) is 12.3. The van der Waals surface area contributed by atoms with Gasteiger partial charge in [-0.15, -0.1) is 0 Å². The molecule has 0 spiro atoms. The normalized spacial score (nSPS) is 11.8. The maximum Gasteiger partial charge on any atom is 0.349 e. The van der Waals surface area contributed by atoms with E-state index in [-0.39, 0.29) is 0 Å². The van der Waals surface area contributed by atoms with Crippen molar-refractivity contribution in [3.63, 3.8) is 0 Å². The van der Waals surface area contributed by atoms with Crippen LogP contribution in [0.1, 0.15) is 11.7 Å². The number of fused-ring (bicyclic) bond motifs is 1. The lowest BCUT2D eigenvalue weighted by Crippen LogP contribution is -2.18. The first-order valence-electron chi connectivity index (χ1n) is 12.3. The average molecular weight is 498 g/mol. The predicted octanol–water partition coefficient (Wildman–Crippen LogP) is 8.03. The molecule has 184 valence electrons. The van der Waals surface area contributed by atoms with Crippen LogP contribution < -0.4 is 4.74 Å². The molecule has 0 fully saturated rings. The Labute approximate surface area is 219 Å². The van der Waals surface area contributed by atoms with Crippen LogP contribution in [0.5, 0.6) is 5.75 Å². The number of rotatable bonds is 7. The number of oxazole rings is 1. The van der Waals surface area contributed by atoms with Gasteiger partial charge in [0.15, 0.2) is 5.58 Å². The number of para-hydroxylation sites is 2. The molecule has 38 heavy (non-hydrogen) atoms. The number of hydrogen-bond donors (Lipinski definition) is 1. The Hall–Kier alpha value is -5.16. The second kappa shape index (κ2) is 10.1. The van der Waals surface area contributed by atoms with Crippen LogP contribution in [0.4, 0.5) is 0 Å². The third-order valence-electron chi connectivity index (χ3n) is 6.40. The van der Waals surface area contributed by atoms with E-state index in [1.807, 2.05) is 60.7 Å². The van der Waals surface area contributed by atoms with Gasteiger partial charge in [-0.05, 0) is 52.6 Å². The molecule has 0 aliphatic heterocycles. The van der Waals surface area contributed by atoms with E-state index in [4.69, 9.17) is 14.1 Å². The number of carbonyl (C=O) groups is 1. The van der Waals surface area contributed by atoms with E-state index < -0.39 is 12.1 Å². The summed E-state index contributed by atoms with van der Waals surface area (Å²) in [5.74, 6) is -0.0429. The Morgan fingerprint density at radius 3 is 2.05 bits per heavy atom. The van der Waals surface area contributed by atoms with E-state index in [1.165, 1.54) is 0 Å². The number of aliphatic carboxylic acids is 1. The molecular formula is C33H23NO4. The van der Waals surface area contributed by atoms with E-state index in [9.17, 15) is 9.90 Å². The Bertz CT molecular complexity index is 1670. The Balaban J connectivity index is 1.39. The molecule has 0 aliphatic carbocycles. The zero-order valence-corrected chi connectivity index (χ0v) is 20.3. The van der Waals surface area contributed by atoms with Crippen molar-refractivity contribution in [2.75, 3.05) is 0 Å². The predicted molar refractivity (Wildman–Crippen MR) is 148 cm³/mol. The lowest BCUT2D eigenvalue weighted by molar-refractivity contribution is -0.145. The Morgan fingerprint density at radius 1 is 0.684 bits per heavy atom. The number of nitrogens with zero attached hydrogens (tertiary/aromatic N) is 1. The molecule has 1 unspecified atom stereocenters. The van der Waals surface area contributed by atoms with Gasteiger partial charge < -0.3 is 14.3 Å². The number of benzene rings is 5. The van der Waals surface area contributed by atoms with E-state index in [0.29, 0.717) is 17.2 Å². The summed E-state index contributed by atoms with van der Waals surface area (Å²) in [5.41, 5.74) is 6.99. The van der Waals surface area contributed by atoms with Crippen molar-refractivity contribution < 1.29 is 19.1 Å². The lowest BCUT2D eigenvalue weighted by Gasteiger charge is -2.16. The Morgan fingerprint density at radius 2 is 1.34 bits per heavy atom. The SMILES string of the molecule is O=C(O)C(Oc1ccc(-c2ccc(-c3ccccc3)cc2-c2nc3ccccc3o2)cc1)c1ccccc1. The number of ether oxygens (including phenoxy) is 1. The van der Waals surface area contributed by atoms with Crippen LogP contribution in [0.2, 0.25) is 0 Å². The maximum absolute atomic E-state index is 11.9. The van der Waals surface area contributed by atoms with Crippen LogP contribution >= 0.6 is 0 Å². The minimum atomic E-state index is -1.09. The molecule has 0 radical (unpaired) electrons. The third kappa shape index (κ3) is 4.65. The highest BCUT2D eigenvalue weighted by Crippen LogP contribution is 2.37. The largest absolute Gasteiger partial charge is 0.478 e. The fraction of sp³-hybridized carbons (Fsp3) is 0.0303. The standard InChI is InChI=1S/C33H23NO4/c35-33(36)31(24-11-5-2-6-12-24)37-26-18-15-23(16-19-26)27-20-17-25(22-9-3-1-4-10-22)21-28(27)32-34-29-13-7-8-14-30(29)38-32/h1-21,31H,(H,35,36). The monoisotopic (exact) mass is 497 g/mol. The van der Waals surface area contributed by atoms with Crippen molar-refractivity contribution in [3.8, 4) is 39.5 Å². The van der Waals surface area contributed by atoms with Crippen molar-refractivity contribution in [1.29, 1.82) is 0 Å². The van der Waals surface area contributed by atoms with Gasteiger partial charge in [-0.25, -0.2) is 9.78 Å². The van der Waals surface area contributed by atoms with Crippen LogP contribution in [0.3, 0.4) is 0 Å². The molecule has 0 bridgehead atoms. The van der Waals surface area contributed by atoms with Crippen molar-refractivity contribution in [1.82, 2.24) is 4.98 Å². The van der Waals surface area contributed by atoms with Gasteiger partial charge in [0.2, 0.25) is 12.0 Å². The van der Waals surface area contributed by atoms with E-state index in [2.05, 4.69) is 30.3 Å². The molecule has 5 nitrogen and oxygen atoms in total. The van der Waals surface area contributed by atoms with Crippen LogP contribution in [0.15, 0.2) is 132 Å². The van der Waals surface area contributed by atoms with E-state index >= 15 is 0 Å². The summed E-state index contributed by atoms with van der Waals surface area (Å²) in [5, 5.41) is 9.72. The summed E-state index contributed by atoms with van der Waals surface area (Å²) >= 11 is 0. The van der Waals surface area contributed by atoms with Crippen molar-refractivity contribution >= 4 is 17.1 Å². The van der Waals surface area contributed by atoms with Crippen molar-refractivity contribution in [2.45, 2.75) is 6.10 Å². The quantitative estimate of drug-likeness (QED) is 0.242. The molecule has 0 amide bonds. The fourth-order valence-electron chi connectivity index (χ4n) is 4.51. The summed E-state index contributed by atoms with van der Waals surface area (Å²) in [6.07, 6.45) is -1.09. The number of carboxylic acids is 1. The van der Waals surface area contributed by atoms with Gasteiger partial charge in [0.25, 0.3) is 0 Å². The van der Waals surface area contributed by atoms with E-state index in [0.717, 1.165) is 38.9 Å². The highest BCUT2D eigenvalue weighted by molar-refractivity contribution is 5.87. The molecular weight excluding hydrogens is 474 g/mol. The molecule has 1 heterocycles. The van der Waals surface area contributed by atoms with Gasteiger partial charge in [-0.1, -0.05) is 97.1 Å². The van der Waals surface area contributed by atoms with Crippen LogP contribution in [0, 0.1) is 0 Å². The highest BCUT2D eigenvalue weighted by atomic mass is 16.5. The zero-order valence-electron chi connectivity index (χ0n) is 20.3. The summed E-state index contributed by atoms with van der Waals surface area (Å²) < 4.78 is 12.0. The average Bonchev–Trinajstić information content (AvgIpc) is 3.41. The van der Waals surface area contributed by atoms with Crippen LogP contribution in [-0.2, 0) is 4.79 Å². The molecule has 0 saturated heterocycles. The highest BCUT2D eigenvalue weighted by Gasteiger charge is 2.22. The molecule has 0 aliphatic rings. The van der Waals surface area contributed by atoms with E-state index in [1.54, 1.807) is 36.4 Å². The molecule has 5 aromatic carbocycles. The first-order chi connectivity index (χ1) is 18.7. The van der Waals surface area contributed by atoms with Gasteiger partial charge in [0.1, 0.15) is 11.3 Å². The van der Waals surface area contributed by atoms with Gasteiger partial charge >= 0.3 is 5.97 Å². The number of aromatic nitrogens is 1. The molecule has 1 aromatic heterocycles. The number of carboxylic acid groups (broad SMARTS) is 1. The Kier molecular flexibility index (Phi) is 6.16. The van der Waals surface area contributed by atoms with Gasteiger partial charge in [0.05, 0.1) is 0 Å². The molecule has 0 saturated carbocycles.